The summed E-state index contributed by atoms with van der Waals surface area (Å²) < 4.78 is 45.3. The second-order valence-corrected chi connectivity index (χ2v) is 6.77. The predicted octanol–water partition coefficient (Wildman–Crippen LogP) is 4.83. The van der Waals surface area contributed by atoms with Gasteiger partial charge in [-0.05, 0) is 51.2 Å². The summed E-state index contributed by atoms with van der Waals surface area (Å²) in [6.45, 7) is -3.24. The van der Waals surface area contributed by atoms with E-state index in [1.807, 2.05) is 54.3 Å². The zero-order valence-electron chi connectivity index (χ0n) is 19.6. The fraction of sp³-hybridized carbons (Fsp3) is 0.350. The minimum atomic E-state index is -2.69. The van der Waals surface area contributed by atoms with E-state index < -0.39 is 14.0 Å². The van der Waals surface area contributed by atoms with E-state index in [9.17, 15) is 4.79 Å². The molecule has 0 saturated carbocycles. The highest BCUT2D eigenvalue weighted by atomic mass is 32.2. The molecule has 2 aromatic rings. The van der Waals surface area contributed by atoms with E-state index in [-0.39, 0.29) is 12.3 Å². The molecule has 0 atom stereocenters. The summed E-state index contributed by atoms with van der Waals surface area (Å²) in [7, 11) is 0. The highest BCUT2D eigenvalue weighted by molar-refractivity contribution is 7.99. The van der Waals surface area contributed by atoms with Crippen molar-refractivity contribution in [2.24, 2.45) is 0 Å². The van der Waals surface area contributed by atoms with Crippen molar-refractivity contribution in [3.8, 4) is 0 Å². The number of Topliss-reactive ketones (excluding diaryl/α,β-unsaturated/α-hetero) is 1. The quantitative estimate of drug-likeness (QED) is 0.699. The minimum Gasteiger partial charge on any atom is -0.340 e. The summed E-state index contributed by atoms with van der Waals surface area (Å²) in [6, 6.07) is 13.5. The summed E-state index contributed by atoms with van der Waals surface area (Å²) in [6.07, 6.45) is 0.746. The third-order valence-electron chi connectivity index (χ3n) is 4.03. The van der Waals surface area contributed by atoms with Crippen LogP contribution in [0.4, 0.5) is 11.4 Å². The normalized spacial score (nSPS) is 17.7. The first-order valence-corrected chi connectivity index (χ1v) is 8.83. The lowest BCUT2D eigenvalue weighted by Crippen LogP contribution is -2.25. The van der Waals surface area contributed by atoms with Crippen LogP contribution >= 0.6 is 11.8 Å². The Morgan fingerprint density at radius 2 is 1.96 bits per heavy atom. The van der Waals surface area contributed by atoms with Crippen LogP contribution in [0.15, 0.2) is 52.3 Å². The lowest BCUT2D eigenvalue weighted by molar-refractivity contribution is 0.0988. The number of nitrogens with zero attached hydrogens (tertiary/aromatic N) is 2. The van der Waals surface area contributed by atoms with Crippen molar-refractivity contribution >= 4 is 28.9 Å². The third kappa shape index (κ3) is 3.50. The monoisotopic (exact) mass is 346 g/mol. The summed E-state index contributed by atoms with van der Waals surface area (Å²) in [5.41, 5.74) is 2.48. The largest absolute Gasteiger partial charge is 0.340 e. The Kier molecular flexibility index (Phi) is 3.38. The van der Waals surface area contributed by atoms with Crippen LogP contribution in [0.25, 0.3) is 0 Å². The Morgan fingerprint density at radius 3 is 2.75 bits per heavy atom. The summed E-state index contributed by atoms with van der Waals surface area (Å²) in [5, 5.41) is 0. The maximum Gasteiger partial charge on any atom is 0.162 e. The SMILES string of the molecule is [2H]C([2H])([2H])N(CCCN1c2ccccc2Sc2ccc(C(=O)CC)cc21)C([2H])([2H])[2H]. The molecule has 0 bridgehead atoms. The molecular formula is C20H24N2OS. The van der Waals surface area contributed by atoms with Gasteiger partial charge in [-0.1, -0.05) is 36.9 Å². The predicted molar refractivity (Wildman–Crippen MR) is 102 cm³/mol. The maximum absolute atomic E-state index is 12.2. The fourth-order valence-corrected chi connectivity index (χ4v) is 3.91. The first-order chi connectivity index (χ1) is 14.0. The Balaban J connectivity index is 1.89. The van der Waals surface area contributed by atoms with Crippen molar-refractivity contribution in [2.75, 3.05) is 31.9 Å². The average molecular weight is 347 g/mol. The van der Waals surface area contributed by atoms with Gasteiger partial charge in [-0.2, -0.15) is 0 Å². The van der Waals surface area contributed by atoms with Crippen molar-refractivity contribution in [3.05, 3.63) is 48.0 Å². The van der Waals surface area contributed by atoms with Gasteiger partial charge in [0.2, 0.25) is 0 Å². The third-order valence-corrected chi connectivity index (χ3v) is 5.16. The van der Waals surface area contributed by atoms with Crippen LogP contribution in [-0.4, -0.2) is 37.7 Å². The number of carbonyl (C=O) groups excluding carboxylic acids is 1. The topological polar surface area (TPSA) is 23.6 Å². The molecule has 1 heterocycles. The number of carbonyl (C=O) groups is 1. The molecule has 0 unspecified atom stereocenters. The van der Waals surface area contributed by atoms with Gasteiger partial charge in [-0.25, -0.2) is 0 Å². The molecule has 0 saturated heterocycles. The van der Waals surface area contributed by atoms with Crippen molar-refractivity contribution in [1.29, 1.82) is 0 Å². The molecule has 3 rings (SSSR count). The summed E-state index contributed by atoms with van der Waals surface area (Å²) in [5.74, 6) is 0.0533. The molecule has 126 valence electrons. The molecule has 0 spiro atoms. The average Bonchev–Trinajstić information content (AvgIpc) is 2.67. The van der Waals surface area contributed by atoms with E-state index in [4.69, 9.17) is 8.22 Å². The number of hydrogen-bond donors (Lipinski definition) is 0. The Morgan fingerprint density at radius 1 is 1.17 bits per heavy atom. The van der Waals surface area contributed by atoms with Gasteiger partial charge in [0.25, 0.3) is 0 Å². The number of para-hydroxylation sites is 1. The molecule has 0 aliphatic carbocycles. The van der Waals surface area contributed by atoms with Gasteiger partial charge >= 0.3 is 0 Å². The highest BCUT2D eigenvalue weighted by Crippen LogP contribution is 2.48. The summed E-state index contributed by atoms with van der Waals surface area (Å²) >= 11 is 1.62. The van der Waals surface area contributed by atoms with Crippen LogP contribution in [0.1, 0.15) is 38.3 Å². The van der Waals surface area contributed by atoms with Crippen LogP contribution in [0.2, 0.25) is 0 Å². The van der Waals surface area contributed by atoms with Gasteiger partial charge in [0.15, 0.2) is 5.78 Å². The number of rotatable bonds is 6. The van der Waals surface area contributed by atoms with Crippen LogP contribution in [0, 0.1) is 0 Å². The first kappa shape index (κ1) is 11.0. The molecule has 0 amide bonds. The molecule has 0 radical (unpaired) electrons. The second kappa shape index (κ2) is 7.41. The Labute approximate surface area is 157 Å². The smallest absolute Gasteiger partial charge is 0.162 e. The highest BCUT2D eigenvalue weighted by Gasteiger charge is 2.23. The lowest BCUT2D eigenvalue weighted by atomic mass is 10.1. The number of hydrogen-bond acceptors (Lipinski definition) is 4. The van der Waals surface area contributed by atoms with E-state index in [2.05, 4.69) is 0 Å². The molecule has 0 N–H and O–H groups in total. The minimum absolute atomic E-state index is 0.0533. The van der Waals surface area contributed by atoms with Gasteiger partial charge in [-0.15, -0.1) is 0 Å². The second-order valence-electron chi connectivity index (χ2n) is 5.69. The van der Waals surface area contributed by atoms with Crippen LogP contribution in [-0.2, 0) is 0 Å². The standard InChI is InChI=1S/C20H24N2OS/c1-4-18(23)15-10-11-20-17(14-15)22(13-7-12-21(2)3)16-8-5-6-9-19(16)24-20/h5-6,8-11,14H,4,7,12-13H2,1-3H3/i2D3,3D3. The first-order valence-electron chi connectivity index (χ1n) is 11.0. The molecule has 1 aliphatic heterocycles. The lowest BCUT2D eigenvalue weighted by Gasteiger charge is -2.33. The number of ketones is 1. The fourth-order valence-electron chi connectivity index (χ4n) is 2.83. The molecule has 24 heavy (non-hydrogen) atoms. The van der Waals surface area contributed by atoms with Crippen molar-refractivity contribution in [1.82, 2.24) is 4.90 Å². The number of anilines is 2. The molecule has 4 heteroatoms. The molecule has 0 fully saturated rings. The summed E-state index contributed by atoms with van der Waals surface area (Å²) in [4.78, 5) is 16.9. The van der Waals surface area contributed by atoms with Gasteiger partial charge in [0.1, 0.15) is 0 Å². The van der Waals surface area contributed by atoms with Crippen molar-refractivity contribution in [3.63, 3.8) is 0 Å². The number of fused-ring (bicyclic) bond motifs is 2. The van der Waals surface area contributed by atoms with Gasteiger partial charge < -0.3 is 9.80 Å². The maximum atomic E-state index is 12.2. The van der Waals surface area contributed by atoms with E-state index in [0.717, 1.165) is 21.2 Å². The van der Waals surface area contributed by atoms with E-state index in [1.165, 1.54) is 0 Å². The Bertz CT molecular complexity index is 914. The molecular weight excluding hydrogens is 316 g/mol. The van der Waals surface area contributed by atoms with Crippen LogP contribution in [0.5, 0.6) is 0 Å². The zero-order valence-corrected chi connectivity index (χ0v) is 14.4. The van der Waals surface area contributed by atoms with E-state index in [1.54, 1.807) is 11.8 Å². The number of benzene rings is 2. The van der Waals surface area contributed by atoms with E-state index in [0.29, 0.717) is 29.8 Å². The van der Waals surface area contributed by atoms with Crippen LogP contribution < -0.4 is 4.90 Å². The molecule has 3 nitrogen and oxygen atoms in total. The molecule has 0 aromatic heterocycles. The van der Waals surface area contributed by atoms with Crippen molar-refractivity contribution in [2.45, 2.75) is 29.6 Å². The van der Waals surface area contributed by atoms with Gasteiger partial charge in [0, 0.05) is 36.5 Å². The van der Waals surface area contributed by atoms with Crippen LogP contribution in [0.3, 0.4) is 0 Å². The van der Waals surface area contributed by atoms with Gasteiger partial charge in [0.05, 0.1) is 11.4 Å². The zero-order chi connectivity index (χ0) is 22.1. The van der Waals surface area contributed by atoms with Crippen molar-refractivity contribution < 1.29 is 13.0 Å². The molecule has 1 aliphatic rings. The Hall–Kier alpha value is -1.78. The van der Waals surface area contributed by atoms with E-state index >= 15 is 0 Å². The van der Waals surface area contributed by atoms with Gasteiger partial charge in [-0.3, -0.25) is 4.79 Å². The molecule has 2 aromatic carbocycles.